The third kappa shape index (κ3) is 18.8. The van der Waals surface area contributed by atoms with Crippen molar-refractivity contribution in [3.63, 3.8) is 0 Å². The summed E-state index contributed by atoms with van der Waals surface area (Å²) in [5.41, 5.74) is 1.04. The molecule has 1 amide bonds. The number of ketones is 1. The SMILES string of the molecule is CC[C@H](C)C1O[C@H](O[C@H]2C([C@H]3COC(C)(C)O3)O[C@@](OCCC(=O)CCCN(Cc3ccccc3)C(=O)OCc3ccccc3)(C(=O)OC)C[C@H]2C)C(OC(C)=O)[C@@H](O[C@H]2O[C@@H]([C@@H](C)CC)[C@@H](PBB=O)C(C)C2OC(C)=O)[C@@H]1PBB=O. The number of methoxy groups -OCH3 is 1. The van der Waals surface area contributed by atoms with E-state index in [4.69, 9.17) is 56.8 Å². The zero-order chi connectivity index (χ0) is 60.4. The molecule has 0 saturated carbocycles. The topological polar surface area (TPSA) is 233 Å². The first kappa shape index (κ1) is 68.3. The molecule has 0 spiro atoms. The van der Waals surface area contributed by atoms with E-state index in [1.807, 2.05) is 95.3 Å². The summed E-state index contributed by atoms with van der Waals surface area (Å²) in [5.74, 6) is -6.51. The molecule has 4 aliphatic heterocycles. The Balaban J connectivity index is 1.26. The van der Waals surface area contributed by atoms with E-state index in [1.54, 1.807) is 18.7 Å². The molecule has 4 saturated heterocycles. The summed E-state index contributed by atoms with van der Waals surface area (Å²) >= 11 is 0. The summed E-state index contributed by atoms with van der Waals surface area (Å²) < 4.78 is 101. The van der Waals surface area contributed by atoms with Gasteiger partial charge in [0.2, 0.25) is 0 Å². The first-order chi connectivity index (χ1) is 39.7. The van der Waals surface area contributed by atoms with Crippen LogP contribution in [0.5, 0.6) is 0 Å². The van der Waals surface area contributed by atoms with E-state index in [2.05, 4.69) is 6.92 Å². The molecule has 0 aromatic heterocycles. The van der Waals surface area contributed by atoms with Crippen LogP contribution in [0.2, 0.25) is 0 Å². The van der Waals surface area contributed by atoms with Gasteiger partial charge in [0, 0.05) is 25.9 Å². The molecular formula is C57H85B4NO19P2. The molecule has 0 aliphatic carbocycles. The predicted molar refractivity (Wildman–Crippen MR) is 314 cm³/mol. The van der Waals surface area contributed by atoms with Crippen molar-refractivity contribution in [1.82, 2.24) is 4.90 Å². The fourth-order valence-electron chi connectivity index (χ4n) is 11.4. The number of hydrogen-bond donors (Lipinski definition) is 0. The maximum absolute atomic E-state index is 14.2. The Kier molecular flexibility index (Phi) is 27.0. The van der Waals surface area contributed by atoms with Gasteiger partial charge in [-0.1, -0.05) is 60.7 Å². The second kappa shape index (κ2) is 32.8. The van der Waals surface area contributed by atoms with Gasteiger partial charge in [-0.05, 0) is 31.4 Å². The third-order valence-corrected chi connectivity index (χ3v) is 19.3. The number of rotatable bonds is 30. The van der Waals surface area contributed by atoms with Crippen molar-refractivity contribution in [1.29, 1.82) is 0 Å². The van der Waals surface area contributed by atoms with E-state index in [0.29, 0.717) is 19.7 Å². The van der Waals surface area contributed by atoms with Crippen LogP contribution in [0, 0.1) is 23.7 Å². The quantitative estimate of drug-likeness (QED) is 0.0348. The number of Topliss-reactive ketones (excluding diaryl/α,β-unsaturated/α-hetero) is 1. The van der Waals surface area contributed by atoms with Crippen molar-refractivity contribution >= 4 is 74.6 Å². The molecule has 20 nitrogen and oxygen atoms in total. The second-order valence-electron chi connectivity index (χ2n) is 22.7. The van der Waals surface area contributed by atoms with Gasteiger partial charge >= 0.3 is 324 Å². The number of amides is 1. The van der Waals surface area contributed by atoms with E-state index in [1.165, 1.54) is 21.0 Å². The van der Waals surface area contributed by atoms with Crippen molar-refractivity contribution in [3.8, 4) is 0 Å². The van der Waals surface area contributed by atoms with Gasteiger partial charge in [-0.15, -0.1) is 0 Å². The van der Waals surface area contributed by atoms with Crippen LogP contribution in [0.3, 0.4) is 0 Å². The molecule has 26 heteroatoms. The molecule has 0 radical (unpaired) electrons. The molecule has 454 valence electrons. The summed E-state index contributed by atoms with van der Waals surface area (Å²) in [6.07, 6.45) is -8.81. The molecular weight excluding hydrogens is 1110 g/mol. The Morgan fingerprint density at radius 3 is 1.89 bits per heavy atom. The van der Waals surface area contributed by atoms with E-state index in [9.17, 15) is 33.4 Å². The van der Waals surface area contributed by atoms with Gasteiger partial charge in [0.05, 0.1) is 13.7 Å². The Morgan fingerprint density at radius 2 is 1.33 bits per heavy atom. The summed E-state index contributed by atoms with van der Waals surface area (Å²) in [5, 5.41) is 0. The van der Waals surface area contributed by atoms with Gasteiger partial charge in [-0.3, -0.25) is 4.79 Å². The molecule has 2 aromatic carbocycles. The van der Waals surface area contributed by atoms with Gasteiger partial charge in [0.15, 0.2) is 0 Å². The van der Waals surface area contributed by atoms with Gasteiger partial charge in [0.1, 0.15) is 12.4 Å². The number of carbonyl (C=O) groups excluding carboxylic acids is 5. The number of esters is 3. The summed E-state index contributed by atoms with van der Waals surface area (Å²) in [4.78, 5) is 69.1. The van der Waals surface area contributed by atoms with Crippen LogP contribution < -0.4 is 0 Å². The zero-order valence-corrected chi connectivity index (χ0v) is 52.1. The van der Waals surface area contributed by atoms with Crippen molar-refractivity contribution in [2.75, 3.05) is 26.9 Å². The third-order valence-electron chi connectivity index (χ3n) is 16.0. The Morgan fingerprint density at radius 1 is 0.759 bits per heavy atom. The van der Waals surface area contributed by atoms with Crippen LogP contribution in [0.1, 0.15) is 119 Å². The fraction of sp³-hybridized carbons (Fsp3) is 0.702. The summed E-state index contributed by atoms with van der Waals surface area (Å²) in [6, 6.07) is 18.9. The van der Waals surface area contributed by atoms with Crippen molar-refractivity contribution in [2.45, 2.75) is 205 Å². The molecule has 19 atom stereocenters. The first-order valence-corrected chi connectivity index (χ1v) is 31.8. The normalized spacial score (nSPS) is 31.3. The number of benzene rings is 2. The van der Waals surface area contributed by atoms with Crippen LogP contribution >= 0.6 is 16.9 Å². The molecule has 4 heterocycles. The van der Waals surface area contributed by atoms with Crippen molar-refractivity contribution < 1.29 is 90.2 Å². The van der Waals surface area contributed by atoms with Crippen molar-refractivity contribution in [2.24, 2.45) is 23.7 Å². The number of ether oxygens (including phenoxy) is 12. The maximum atomic E-state index is 14.2. The van der Waals surface area contributed by atoms with Crippen LogP contribution in [0.4, 0.5) is 4.79 Å². The van der Waals surface area contributed by atoms with E-state index < -0.39 is 109 Å². The fourth-order valence-corrected chi connectivity index (χ4v) is 14.5. The van der Waals surface area contributed by atoms with Gasteiger partial charge in [0.25, 0.3) is 0 Å². The Hall–Kier alpha value is -3.81. The summed E-state index contributed by atoms with van der Waals surface area (Å²) in [6.45, 7) is 18.8. The molecule has 4 aliphatic rings. The van der Waals surface area contributed by atoms with Gasteiger partial charge < -0.3 is 14.4 Å². The van der Waals surface area contributed by atoms with E-state index in [-0.39, 0.29) is 105 Å². The number of hydrogen-bond acceptors (Lipinski definition) is 19. The summed E-state index contributed by atoms with van der Waals surface area (Å²) in [7, 11) is 3.03. The molecule has 0 N–H and O–H groups in total. The molecule has 6 rings (SSSR count). The molecule has 0 bridgehead atoms. The minimum atomic E-state index is -2.06. The van der Waals surface area contributed by atoms with Crippen LogP contribution in [0.15, 0.2) is 60.7 Å². The monoisotopic (exact) mass is 1190 g/mol. The minimum absolute atomic E-state index is 0.0103. The number of nitrogens with zero attached hydrogens (tertiary/aromatic N) is 1. The number of carbonyl (C=O) groups is 5. The predicted octanol–water partition coefficient (Wildman–Crippen LogP) is 6.57. The Bertz CT molecular complexity index is 2430. The van der Waals surface area contributed by atoms with Gasteiger partial charge in [-0.2, -0.15) is 0 Å². The first-order valence-electron chi connectivity index (χ1n) is 29.2. The standard InChI is InChI=1S/C57H85B4NO19P2/c1-12-33(3)44-50(82-60-58-68)36(6)46(74-37(7)63)52(77-44)79-48-49(75-38(8)64)53(78-45(34(4)13-2)51(48)83-61-59-69)76-43-35(5)29-57(54(66)70-11,81-47(43)42-32-73-56(9,10)80-42)72-28-26-41(65)25-20-27-62(30-39-21-16-14-17-22-39)55(67)71-31-40-23-18-15-19-24-40/h14-19,21-24,33-36,42-53,60-61,82-83H,12-13,20,25-32H2,1-11H3/t33-,34-,35+,36?,42+,43+,44-,45?,46?,47?,48+,49?,50-,51+,52+,53-,57+/m0/s1. The molecule has 2 aromatic rings. The molecule has 4 fully saturated rings. The van der Waals surface area contributed by atoms with Crippen LogP contribution in [0.25, 0.3) is 0 Å². The zero-order valence-electron chi connectivity index (χ0n) is 50.1. The van der Waals surface area contributed by atoms with E-state index >= 15 is 0 Å². The average molecular weight is 1190 g/mol. The van der Waals surface area contributed by atoms with E-state index in [0.717, 1.165) is 31.6 Å². The molecule has 83 heavy (non-hydrogen) atoms. The van der Waals surface area contributed by atoms with Crippen molar-refractivity contribution in [3.05, 3.63) is 71.8 Å². The average Bonchev–Trinajstić information content (AvgIpc) is 3.98. The Labute approximate surface area is 495 Å². The van der Waals surface area contributed by atoms with Crippen LogP contribution in [-0.2, 0) is 98.6 Å². The molecule has 7 unspecified atom stereocenters. The van der Waals surface area contributed by atoms with Gasteiger partial charge in [-0.25, -0.2) is 9.59 Å². The van der Waals surface area contributed by atoms with Crippen LogP contribution in [-0.4, -0.2) is 174 Å². The second-order valence-corrected chi connectivity index (χ2v) is 25.6.